The zero-order chi connectivity index (χ0) is 21.5. The van der Waals surface area contributed by atoms with Gasteiger partial charge in [0, 0.05) is 24.7 Å². The molecule has 0 bridgehead atoms. The van der Waals surface area contributed by atoms with Crippen molar-refractivity contribution in [2.45, 2.75) is 50.5 Å². The number of sulfonamides is 1. The molecule has 7 heteroatoms. The number of nitrogens with one attached hydrogen (secondary N) is 1. The predicted molar refractivity (Wildman–Crippen MR) is 116 cm³/mol. The second-order valence-electron chi connectivity index (χ2n) is 8.46. The average molecular weight is 429 g/mol. The Kier molecular flexibility index (Phi) is 5.70. The third-order valence-corrected chi connectivity index (χ3v) is 8.22. The second kappa shape index (κ2) is 8.13. The van der Waals surface area contributed by atoms with Crippen molar-refractivity contribution < 1.29 is 18.3 Å². The molecular weight excluding hydrogens is 400 g/mol. The minimum Gasteiger partial charge on any atom is -0.392 e. The molecule has 0 saturated carbocycles. The van der Waals surface area contributed by atoms with Crippen LogP contribution in [0.25, 0.3) is 0 Å². The van der Waals surface area contributed by atoms with Crippen LogP contribution in [0, 0.1) is 19.8 Å². The van der Waals surface area contributed by atoms with E-state index in [-0.39, 0.29) is 17.9 Å². The highest BCUT2D eigenvalue weighted by molar-refractivity contribution is 7.89. The highest BCUT2D eigenvalue weighted by atomic mass is 32.2. The van der Waals surface area contributed by atoms with E-state index in [0.29, 0.717) is 43.7 Å². The normalized spacial score (nSPS) is 20.2. The smallest absolute Gasteiger partial charge is 0.243 e. The maximum Gasteiger partial charge on any atom is 0.243 e. The van der Waals surface area contributed by atoms with Gasteiger partial charge in [-0.1, -0.05) is 12.1 Å². The van der Waals surface area contributed by atoms with E-state index in [4.69, 9.17) is 0 Å². The van der Waals surface area contributed by atoms with E-state index in [1.54, 1.807) is 12.1 Å². The van der Waals surface area contributed by atoms with Crippen LogP contribution in [0.3, 0.4) is 0 Å². The molecule has 0 aromatic heterocycles. The zero-order valence-electron chi connectivity index (χ0n) is 17.4. The van der Waals surface area contributed by atoms with Gasteiger partial charge in [-0.25, -0.2) is 8.42 Å². The average Bonchev–Trinajstić information content (AvgIpc) is 3.09. The molecule has 0 spiro atoms. The van der Waals surface area contributed by atoms with Crippen molar-refractivity contribution in [3.63, 3.8) is 0 Å². The maximum atomic E-state index is 13.0. The van der Waals surface area contributed by atoms with Crippen LogP contribution < -0.4 is 5.32 Å². The van der Waals surface area contributed by atoms with Crippen LogP contribution in [0.4, 0.5) is 5.69 Å². The van der Waals surface area contributed by atoms with Crippen molar-refractivity contribution in [3.8, 4) is 0 Å². The summed E-state index contributed by atoms with van der Waals surface area (Å²) in [6.45, 7) is 4.54. The molecule has 2 aromatic rings. The summed E-state index contributed by atoms with van der Waals surface area (Å²) in [5, 5.41) is 12.8. The lowest BCUT2D eigenvalue weighted by Gasteiger charge is -2.30. The summed E-state index contributed by atoms with van der Waals surface area (Å²) in [6, 6.07) is 11.0. The molecule has 1 amide bonds. The highest BCUT2D eigenvalue weighted by Crippen LogP contribution is 2.28. The molecule has 1 atom stereocenters. The Morgan fingerprint density at radius 1 is 1.00 bits per heavy atom. The van der Waals surface area contributed by atoms with Crippen molar-refractivity contribution in [2.24, 2.45) is 5.92 Å². The first kappa shape index (κ1) is 21.0. The van der Waals surface area contributed by atoms with Crippen molar-refractivity contribution in [1.82, 2.24) is 4.31 Å². The summed E-state index contributed by atoms with van der Waals surface area (Å²) < 4.78 is 27.4. The molecule has 6 nitrogen and oxygen atoms in total. The van der Waals surface area contributed by atoms with Crippen molar-refractivity contribution in [1.29, 1.82) is 0 Å². The van der Waals surface area contributed by atoms with Gasteiger partial charge in [-0.3, -0.25) is 4.79 Å². The molecule has 1 fully saturated rings. The molecule has 2 aliphatic rings. The molecule has 30 heavy (non-hydrogen) atoms. The lowest BCUT2D eigenvalue weighted by molar-refractivity contribution is -0.120. The summed E-state index contributed by atoms with van der Waals surface area (Å²) in [7, 11) is -3.54. The maximum absolute atomic E-state index is 13.0. The van der Waals surface area contributed by atoms with Gasteiger partial charge in [-0.15, -0.1) is 0 Å². The van der Waals surface area contributed by atoms with Gasteiger partial charge in [-0.05, 0) is 86.1 Å². The largest absolute Gasteiger partial charge is 0.392 e. The van der Waals surface area contributed by atoms with Crippen LogP contribution in [-0.4, -0.2) is 42.9 Å². The van der Waals surface area contributed by atoms with Crippen LogP contribution in [-0.2, 0) is 27.7 Å². The van der Waals surface area contributed by atoms with Crippen LogP contribution in [0.1, 0.15) is 35.1 Å². The Morgan fingerprint density at radius 2 is 1.70 bits per heavy atom. The quantitative estimate of drug-likeness (QED) is 0.784. The summed E-state index contributed by atoms with van der Waals surface area (Å²) in [6.07, 6.45) is 1.94. The molecule has 2 N–H and O–H groups in total. The summed E-state index contributed by atoms with van der Waals surface area (Å²) in [4.78, 5) is 13.0. The number of hydrogen-bond donors (Lipinski definition) is 2. The predicted octanol–water partition coefficient (Wildman–Crippen LogP) is 2.80. The summed E-state index contributed by atoms with van der Waals surface area (Å²) in [5.74, 6) is -0.285. The topological polar surface area (TPSA) is 86.7 Å². The van der Waals surface area contributed by atoms with E-state index in [1.807, 2.05) is 38.1 Å². The van der Waals surface area contributed by atoms with Gasteiger partial charge in [0.25, 0.3) is 0 Å². The number of fused-ring (bicyclic) bond motifs is 1. The zero-order valence-corrected chi connectivity index (χ0v) is 18.2. The molecule has 1 aliphatic carbocycles. The third kappa shape index (κ3) is 4.15. The Labute approximate surface area is 178 Å². The molecule has 4 rings (SSSR count). The molecule has 2 aromatic carbocycles. The van der Waals surface area contributed by atoms with Gasteiger partial charge in [0.15, 0.2) is 0 Å². The fourth-order valence-electron chi connectivity index (χ4n) is 4.30. The lowest BCUT2D eigenvalue weighted by atomic mass is 9.97. The number of amides is 1. The number of benzene rings is 2. The van der Waals surface area contributed by atoms with E-state index in [0.717, 1.165) is 27.9 Å². The first-order chi connectivity index (χ1) is 14.2. The number of nitrogens with zero attached hydrogens (tertiary/aromatic N) is 1. The van der Waals surface area contributed by atoms with Gasteiger partial charge in [0.2, 0.25) is 15.9 Å². The fraction of sp³-hybridized carbons (Fsp3) is 0.435. The Hall–Kier alpha value is -2.22. The Balaban J connectivity index is 1.38. The summed E-state index contributed by atoms with van der Waals surface area (Å²) in [5.41, 5.74) is 4.95. The summed E-state index contributed by atoms with van der Waals surface area (Å²) >= 11 is 0. The molecule has 1 saturated heterocycles. The van der Waals surface area contributed by atoms with Gasteiger partial charge in [0.1, 0.15) is 0 Å². The monoisotopic (exact) mass is 428 g/mol. The van der Waals surface area contributed by atoms with Gasteiger partial charge in [0.05, 0.1) is 11.0 Å². The SMILES string of the molecule is Cc1ccc(S(=O)(=O)N2CCC(C(=O)Nc3ccc4c(c3)C[C@H](O)C4)CC2)cc1C. The first-order valence-electron chi connectivity index (χ1n) is 10.4. The van der Waals surface area contributed by atoms with E-state index in [2.05, 4.69) is 5.32 Å². The highest BCUT2D eigenvalue weighted by Gasteiger charge is 2.32. The van der Waals surface area contributed by atoms with E-state index in [1.165, 1.54) is 4.31 Å². The first-order valence-corrected chi connectivity index (χ1v) is 11.9. The second-order valence-corrected chi connectivity index (χ2v) is 10.4. The molecule has 0 radical (unpaired) electrons. The Bertz CT molecular complexity index is 1070. The molecular formula is C23H28N2O4S. The van der Waals surface area contributed by atoms with Gasteiger partial charge < -0.3 is 10.4 Å². The number of carbonyl (C=O) groups is 1. The minimum absolute atomic E-state index is 0.0725. The van der Waals surface area contributed by atoms with Crippen LogP contribution >= 0.6 is 0 Å². The number of carbonyl (C=O) groups excluding carboxylic acids is 1. The lowest BCUT2D eigenvalue weighted by Crippen LogP contribution is -2.41. The molecule has 1 heterocycles. The molecule has 1 aliphatic heterocycles. The van der Waals surface area contributed by atoms with Crippen molar-refractivity contribution in [2.75, 3.05) is 18.4 Å². The number of piperidine rings is 1. The van der Waals surface area contributed by atoms with Crippen molar-refractivity contribution >= 4 is 21.6 Å². The van der Waals surface area contributed by atoms with Crippen LogP contribution in [0.2, 0.25) is 0 Å². The fourth-order valence-corrected chi connectivity index (χ4v) is 5.85. The number of aliphatic hydroxyl groups is 1. The molecule has 160 valence electrons. The van der Waals surface area contributed by atoms with Gasteiger partial charge in [-0.2, -0.15) is 4.31 Å². The van der Waals surface area contributed by atoms with E-state index < -0.39 is 10.0 Å². The van der Waals surface area contributed by atoms with Crippen molar-refractivity contribution in [3.05, 3.63) is 58.7 Å². The van der Waals surface area contributed by atoms with E-state index >= 15 is 0 Å². The van der Waals surface area contributed by atoms with Gasteiger partial charge >= 0.3 is 0 Å². The number of hydrogen-bond acceptors (Lipinski definition) is 4. The number of aliphatic hydroxyl groups excluding tert-OH is 1. The number of rotatable bonds is 4. The van der Waals surface area contributed by atoms with E-state index in [9.17, 15) is 18.3 Å². The number of aryl methyl sites for hydroxylation is 2. The minimum atomic E-state index is -3.54. The third-order valence-electron chi connectivity index (χ3n) is 6.33. The molecule has 0 unspecified atom stereocenters. The number of anilines is 1. The van der Waals surface area contributed by atoms with Crippen LogP contribution in [0.15, 0.2) is 41.3 Å². The standard InChI is InChI=1S/C23H28N2O4S/c1-15-3-6-22(11-16(15)2)30(28,29)25-9-7-17(8-10-25)23(27)24-20-5-4-18-13-21(26)14-19(18)12-20/h3-6,11-12,17,21,26H,7-10,13-14H2,1-2H3,(H,24,27)/t21-/m1/s1. The Morgan fingerprint density at radius 3 is 2.40 bits per heavy atom. The van der Waals surface area contributed by atoms with Crippen LogP contribution in [0.5, 0.6) is 0 Å².